The van der Waals surface area contributed by atoms with Crippen molar-refractivity contribution in [1.29, 1.82) is 0 Å². The molecule has 0 aliphatic heterocycles. The van der Waals surface area contributed by atoms with Gasteiger partial charge < -0.3 is 4.90 Å². The minimum atomic E-state index is -0.169. The molecule has 0 bridgehead atoms. The van der Waals surface area contributed by atoms with Crippen LogP contribution in [0.15, 0.2) is 41.8 Å². The van der Waals surface area contributed by atoms with Gasteiger partial charge in [0, 0.05) is 11.9 Å². The fraction of sp³-hybridized carbons (Fsp3) is 0.316. The molecular formula is C19H22N4OS. The summed E-state index contributed by atoms with van der Waals surface area (Å²) in [5.41, 5.74) is 2.16. The lowest BCUT2D eigenvalue weighted by Gasteiger charge is -2.14. The van der Waals surface area contributed by atoms with Gasteiger partial charge in [0.25, 0.3) is 5.91 Å². The van der Waals surface area contributed by atoms with Crippen molar-refractivity contribution < 1.29 is 4.79 Å². The van der Waals surface area contributed by atoms with E-state index in [2.05, 4.69) is 30.0 Å². The first-order valence-electron chi connectivity index (χ1n) is 8.28. The van der Waals surface area contributed by atoms with Gasteiger partial charge in [-0.1, -0.05) is 38.1 Å². The Morgan fingerprint density at radius 1 is 1.24 bits per heavy atom. The number of amides is 1. The van der Waals surface area contributed by atoms with E-state index in [1.54, 1.807) is 28.0 Å². The van der Waals surface area contributed by atoms with Gasteiger partial charge in [0.15, 0.2) is 0 Å². The van der Waals surface area contributed by atoms with E-state index in [4.69, 9.17) is 0 Å². The van der Waals surface area contributed by atoms with Gasteiger partial charge in [0.05, 0.1) is 12.2 Å². The van der Waals surface area contributed by atoms with Crippen LogP contribution in [0.25, 0.3) is 5.69 Å². The molecule has 0 saturated carbocycles. The zero-order valence-electron chi connectivity index (χ0n) is 14.9. The fourth-order valence-electron chi connectivity index (χ4n) is 2.76. The Morgan fingerprint density at radius 3 is 2.68 bits per heavy atom. The Balaban J connectivity index is 1.89. The third-order valence-corrected chi connectivity index (χ3v) is 4.93. The second-order valence-electron chi connectivity index (χ2n) is 6.35. The maximum atomic E-state index is 12.7. The molecule has 6 heteroatoms. The molecule has 0 aliphatic rings. The lowest BCUT2D eigenvalue weighted by molar-refractivity contribution is 0.0774. The van der Waals surface area contributed by atoms with Crippen LogP contribution in [0.5, 0.6) is 0 Å². The molecule has 1 amide bonds. The van der Waals surface area contributed by atoms with Crippen molar-refractivity contribution in [3.63, 3.8) is 0 Å². The molecule has 25 heavy (non-hydrogen) atoms. The molecule has 2 aromatic heterocycles. The van der Waals surface area contributed by atoms with Gasteiger partial charge in [-0.3, -0.25) is 4.79 Å². The van der Waals surface area contributed by atoms with E-state index in [9.17, 15) is 4.79 Å². The van der Waals surface area contributed by atoms with E-state index in [1.165, 1.54) is 5.56 Å². The maximum absolute atomic E-state index is 12.7. The molecule has 0 aliphatic carbocycles. The van der Waals surface area contributed by atoms with Crippen molar-refractivity contribution in [3.05, 3.63) is 63.9 Å². The molecule has 0 radical (unpaired) electrons. The molecule has 1 aromatic carbocycles. The predicted octanol–water partition coefficient (Wildman–Crippen LogP) is 4.03. The van der Waals surface area contributed by atoms with Crippen LogP contribution >= 0.6 is 11.3 Å². The lowest BCUT2D eigenvalue weighted by atomic mass is 10.0. The van der Waals surface area contributed by atoms with Crippen molar-refractivity contribution in [2.75, 3.05) is 7.05 Å². The monoisotopic (exact) mass is 354 g/mol. The zero-order chi connectivity index (χ0) is 18.0. The summed E-state index contributed by atoms with van der Waals surface area (Å²) in [5.74, 6) is 1.13. The molecule has 0 spiro atoms. The van der Waals surface area contributed by atoms with E-state index in [-0.39, 0.29) is 11.7 Å². The van der Waals surface area contributed by atoms with Crippen molar-refractivity contribution in [3.8, 4) is 5.69 Å². The minimum absolute atomic E-state index is 0.169. The Labute approximate surface area is 151 Å². The lowest BCUT2D eigenvalue weighted by Crippen LogP contribution is -2.27. The molecule has 0 fully saturated rings. The standard InChI is InChI=1S/C19H22N4OS/c1-13(2)16-9-5-6-10-17(16)23-14(3)20-18(21-23)19(24)22(4)12-15-8-7-11-25-15/h5-11,13H,12H2,1-4H3. The van der Waals surface area contributed by atoms with Crippen LogP contribution in [0.4, 0.5) is 0 Å². The van der Waals surface area contributed by atoms with E-state index < -0.39 is 0 Å². The normalized spacial score (nSPS) is 11.1. The van der Waals surface area contributed by atoms with Crippen LogP contribution in [0.2, 0.25) is 0 Å². The number of aryl methyl sites for hydroxylation is 1. The molecular weight excluding hydrogens is 332 g/mol. The smallest absolute Gasteiger partial charge is 0.293 e. The predicted molar refractivity (Wildman–Crippen MR) is 100 cm³/mol. The van der Waals surface area contributed by atoms with Crippen LogP contribution in [-0.4, -0.2) is 32.6 Å². The van der Waals surface area contributed by atoms with Crippen LogP contribution in [-0.2, 0) is 6.54 Å². The maximum Gasteiger partial charge on any atom is 0.293 e. The highest BCUT2D eigenvalue weighted by atomic mass is 32.1. The molecule has 5 nitrogen and oxygen atoms in total. The topological polar surface area (TPSA) is 51.0 Å². The summed E-state index contributed by atoms with van der Waals surface area (Å²) in [5, 5.41) is 6.50. The number of carbonyl (C=O) groups excluding carboxylic acids is 1. The number of para-hydroxylation sites is 1. The average Bonchev–Trinajstić information content (AvgIpc) is 3.23. The Hall–Kier alpha value is -2.47. The first kappa shape index (κ1) is 17.4. The summed E-state index contributed by atoms with van der Waals surface area (Å²) >= 11 is 1.63. The van der Waals surface area contributed by atoms with Gasteiger partial charge in [-0.05, 0) is 35.9 Å². The highest BCUT2D eigenvalue weighted by molar-refractivity contribution is 7.09. The van der Waals surface area contributed by atoms with Gasteiger partial charge in [0.2, 0.25) is 5.82 Å². The quantitative estimate of drug-likeness (QED) is 0.695. The van der Waals surface area contributed by atoms with E-state index in [1.807, 2.05) is 42.6 Å². The molecule has 0 saturated heterocycles. The summed E-state index contributed by atoms with van der Waals surface area (Å²) < 4.78 is 1.77. The molecule has 2 heterocycles. The minimum Gasteiger partial charge on any atom is -0.334 e. The molecule has 0 unspecified atom stereocenters. The summed E-state index contributed by atoms with van der Waals surface area (Å²) in [6, 6.07) is 12.1. The van der Waals surface area contributed by atoms with Gasteiger partial charge in [0.1, 0.15) is 5.82 Å². The van der Waals surface area contributed by atoms with E-state index in [0.29, 0.717) is 18.3 Å². The van der Waals surface area contributed by atoms with Crippen LogP contribution < -0.4 is 0 Å². The molecule has 3 rings (SSSR count). The molecule has 0 atom stereocenters. The second-order valence-corrected chi connectivity index (χ2v) is 7.38. The van der Waals surface area contributed by atoms with Crippen LogP contribution in [0.3, 0.4) is 0 Å². The first-order chi connectivity index (χ1) is 12.0. The average molecular weight is 354 g/mol. The van der Waals surface area contributed by atoms with Crippen molar-refractivity contribution in [2.45, 2.75) is 33.2 Å². The van der Waals surface area contributed by atoms with Gasteiger partial charge in [-0.25, -0.2) is 9.67 Å². The SMILES string of the molecule is Cc1nc(C(=O)N(C)Cc2cccs2)nn1-c1ccccc1C(C)C. The largest absolute Gasteiger partial charge is 0.334 e. The van der Waals surface area contributed by atoms with Gasteiger partial charge >= 0.3 is 0 Å². The van der Waals surface area contributed by atoms with Gasteiger partial charge in [-0.2, -0.15) is 0 Å². The Bertz CT molecular complexity index is 867. The third-order valence-electron chi connectivity index (χ3n) is 4.07. The highest BCUT2D eigenvalue weighted by Crippen LogP contribution is 2.23. The number of hydrogen-bond donors (Lipinski definition) is 0. The number of nitrogens with zero attached hydrogens (tertiary/aromatic N) is 4. The van der Waals surface area contributed by atoms with Crippen molar-refractivity contribution >= 4 is 17.2 Å². The number of aromatic nitrogens is 3. The van der Waals surface area contributed by atoms with E-state index >= 15 is 0 Å². The van der Waals surface area contributed by atoms with Gasteiger partial charge in [-0.15, -0.1) is 16.4 Å². The van der Waals surface area contributed by atoms with Crippen LogP contribution in [0.1, 0.15) is 46.6 Å². The summed E-state index contributed by atoms with van der Waals surface area (Å²) in [4.78, 5) is 19.9. The molecule has 3 aromatic rings. The number of hydrogen-bond acceptors (Lipinski definition) is 4. The summed E-state index contributed by atoms with van der Waals surface area (Å²) in [7, 11) is 1.78. The number of rotatable bonds is 5. The van der Waals surface area contributed by atoms with Crippen LogP contribution in [0, 0.1) is 6.92 Å². The first-order valence-corrected chi connectivity index (χ1v) is 9.16. The van der Waals surface area contributed by atoms with E-state index in [0.717, 1.165) is 10.6 Å². The second kappa shape index (κ2) is 7.19. The van der Waals surface area contributed by atoms with Crippen molar-refractivity contribution in [2.24, 2.45) is 0 Å². The fourth-order valence-corrected chi connectivity index (χ4v) is 3.51. The number of carbonyl (C=O) groups is 1. The molecule has 130 valence electrons. The third kappa shape index (κ3) is 3.64. The number of benzene rings is 1. The highest BCUT2D eigenvalue weighted by Gasteiger charge is 2.20. The summed E-state index contributed by atoms with van der Waals surface area (Å²) in [6.45, 7) is 6.73. The molecule has 0 N–H and O–H groups in total. The summed E-state index contributed by atoms with van der Waals surface area (Å²) in [6.07, 6.45) is 0. The Morgan fingerprint density at radius 2 is 2.00 bits per heavy atom. The Kier molecular flexibility index (Phi) is 4.99. The van der Waals surface area contributed by atoms with Crippen molar-refractivity contribution in [1.82, 2.24) is 19.7 Å². The number of thiophene rings is 1. The zero-order valence-corrected chi connectivity index (χ0v) is 15.7.